The largest absolute Gasteiger partial charge is 0.490 e. The molecular weight excluding hydrogens is 371 g/mol. The minimum absolute atomic E-state index is 0.0583. The fraction of sp³-hybridized carbons (Fsp3) is 0.200. The minimum Gasteiger partial charge on any atom is -0.490 e. The van der Waals surface area contributed by atoms with Crippen molar-refractivity contribution in [2.45, 2.75) is 26.0 Å². The topological polar surface area (TPSA) is 64.4 Å². The molecule has 1 amide bonds. The first kappa shape index (κ1) is 17.5. The van der Waals surface area contributed by atoms with Crippen molar-refractivity contribution in [3.05, 3.63) is 70.1 Å². The fourth-order valence-electron chi connectivity index (χ4n) is 3.05. The van der Waals surface area contributed by atoms with Crippen molar-refractivity contribution in [3.8, 4) is 17.1 Å². The van der Waals surface area contributed by atoms with Gasteiger partial charge in [-0.15, -0.1) is 0 Å². The van der Waals surface area contributed by atoms with Gasteiger partial charge in [-0.05, 0) is 48.9 Å². The summed E-state index contributed by atoms with van der Waals surface area (Å²) >= 11 is 5.90. The van der Waals surface area contributed by atoms with E-state index in [0.717, 1.165) is 29.4 Å². The molecule has 2 heterocycles. The Morgan fingerprint density at radius 1 is 1.30 bits per heavy atom. The number of carbonyl (C=O) groups is 1. The summed E-state index contributed by atoms with van der Waals surface area (Å²) < 4.78 is 24.2. The van der Waals surface area contributed by atoms with E-state index >= 15 is 0 Å². The Morgan fingerprint density at radius 2 is 2.15 bits per heavy atom. The van der Waals surface area contributed by atoms with E-state index < -0.39 is 11.7 Å². The Morgan fingerprint density at radius 3 is 2.96 bits per heavy atom. The van der Waals surface area contributed by atoms with Crippen LogP contribution in [-0.4, -0.2) is 17.2 Å². The first-order chi connectivity index (χ1) is 13.0. The normalized spacial score (nSPS) is 15.3. The Kier molecular flexibility index (Phi) is 4.58. The van der Waals surface area contributed by atoms with E-state index in [1.807, 2.05) is 25.1 Å². The van der Waals surface area contributed by atoms with E-state index in [4.69, 9.17) is 20.9 Å². The molecule has 0 bridgehead atoms. The van der Waals surface area contributed by atoms with Crippen molar-refractivity contribution < 1.29 is 18.4 Å². The molecule has 1 unspecified atom stereocenters. The van der Waals surface area contributed by atoms with Crippen LogP contribution in [0.2, 0.25) is 5.02 Å². The first-order valence-electron chi connectivity index (χ1n) is 8.48. The number of halogens is 2. The van der Waals surface area contributed by atoms with Crippen LogP contribution in [0.15, 0.2) is 47.0 Å². The summed E-state index contributed by atoms with van der Waals surface area (Å²) in [5, 5.41) is 6.75. The standard InChI is InChI=1S/C20H16ClFN2O3/c1-11-6-13-7-12(2-5-18(13)26-11)19-9-15(24-27-19)10-23-20(25)16-4-3-14(22)8-17(16)21/h2-5,7-9,11H,6,10H2,1H3,(H,23,25). The number of hydrogen-bond acceptors (Lipinski definition) is 4. The molecular formula is C20H16ClFN2O3. The minimum atomic E-state index is -0.494. The number of nitrogens with one attached hydrogen (secondary N) is 1. The molecule has 138 valence electrons. The first-order valence-corrected chi connectivity index (χ1v) is 8.86. The van der Waals surface area contributed by atoms with Gasteiger partial charge < -0.3 is 14.6 Å². The summed E-state index contributed by atoms with van der Waals surface area (Å²) in [5.41, 5.74) is 2.81. The molecule has 0 saturated carbocycles. The third-order valence-electron chi connectivity index (χ3n) is 4.35. The van der Waals surface area contributed by atoms with Gasteiger partial charge in [0.15, 0.2) is 5.76 Å². The maximum Gasteiger partial charge on any atom is 0.253 e. The van der Waals surface area contributed by atoms with Gasteiger partial charge in [0.1, 0.15) is 23.4 Å². The van der Waals surface area contributed by atoms with Crippen molar-refractivity contribution in [2.24, 2.45) is 0 Å². The van der Waals surface area contributed by atoms with Crippen molar-refractivity contribution in [1.82, 2.24) is 10.5 Å². The maximum atomic E-state index is 13.1. The molecule has 0 fully saturated rings. The number of nitrogens with zero attached hydrogens (tertiary/aromatic N) is 1. The van der Waals surface area contributed by atoms with Crippen LogP contribution in [0.5, 0.6) is 5.75 Å². The molecule has 2 aromatic carbocycles. The zero-order chi connectivity index (χ0) is 19.0. The van der Waals surface area contributed by atoms with Crippen LogP contribution in [0.3, 0.4) is 0 Å². The summed E-state index contributed by atoms with van der Waals surface area (Å²) in [5.74, 6) is 0.607. The number of amides is 1. The third-order valence-corrected chi connectivity index (χ3v) is 4.66. The second-order valence-corrected chi connectivity index (χ2v) is 6.85. The van der Waals surface area contributed by atoms with Crippen LogP contribution in [0.1, 0.15) is 28.5 Å². The van der Waals surface area contributed by atoms with Crippen LogP contribution in [0, 0.1) is 5.82 Å². The molecule has 4 rings (SSSR count). The van der Waals surface area contributed by atoms with E-state index in [1.165, 1.54) is 12.1 Å². The number of ether oxygens (including phenoxy) is 1. The molecule has 1 N–H and O–H groups in total. The predicted molar refractivity (Wildman–Crippen MR) is 98.3 cm³/mol. The Bertz CT molecular complexity index is 1020. The van der Waals surface area contributed by atoms with Crippen molar-refractivity contribution in [3.63, 3.8) is 0 Å². The summed E-state index contributed by atoms with van der Waals surface area (Å²) in [6, 6.07) is 11.3. The van der Waals surface area contributed by atoms with Crippen LogP contribution in [0.4, 0.5) is 4.39 Å². The number of fused-ring (bicyclic) bond motifs is 1. The number of carbonyl (C=O) groups excluding carboxylic acids is 1. The lowest BCUT2D eigenvalue weighted by atomic mass is 10.1. The van der Waals surface area contributed by atoms with Gasteiger partial charge in [0.2, 0.25) is 0 Å². The molecule has 0 spiro atoms. The highest BCUT2D eigenvalue weighted by Crippen LogP contribution is 2.33. The maximum absolute atomic E-state index is 13.1. The van der Waals surface area contributed by atoms with Crippen LogP contribution < -0.4 is 10.1 Å². The summed E-state index contributed by atoms with van der Waals surface area (Å²) in [7, 11) is 0. The SMILES string of the molecule is CC1Cc2cc(-c3cc(CNC(=O)c4ccc(F)cc4Cl)no3)ccc2O1. The van der Waals surface area contributed by atoms with Gasteiger partial charge in [-0.1, -0.05) is 16.8 Å². The molecule has 0 aliphatic carbocycles. The average Bonchev–Trinajstić information content (AvgIpc) is 3.24. The van der Waals surface area contributed by atoms with Crippen LogP contribution >= 0.6 is 11.6 Å². The quantitative estimate of drug-likeness (QED) is 0.722. The predicted octanol–water partition coefficient (Wildman–Crippen LogP) is 4.39. The van der Waals surface area contributed by atoms with Crippen molar-refractivity contribution >= 4 is 17.5 Å². The summed E-state index contributed by atoms with van der Waals surface area (Å²) in [6.07, 6.45) is 1.03. The smallest absolute Gasteiger partial charge is 0.253 e. The number of aromatic nitrogens is 1. The molecule has 5 nitrogen and oxygen atoms in total. The molecule has 3 aromatic rings. The third kappa shape index (κ3) is 3.66. The highest BCUT2D eigenvalue weighted by Gasteiger charge is 2.20. The van der Waals surface area contributed by atoms with Crippen LogP contribution in [-0.2, 0) is 13.0 Å². The number of rotatable bonds is 4. The summed E-state index contributed by atoms with van der Waals surface area (Å²) in [6.45, 7) is 2.20. The van der Waals surface area contributed by atoms with Gasteiger partial charge in [-0.2, -0.15) is 0 Å². The van der Waals surface area contributed by atoms with E-state index in [-0.39, 0.29) is 23.2 Å². The van der Waals surface area contributed by atoms with Gasteiger partial charge in [-0.25, -0.2) is 4.39 Å². The molecule has 7 heteroatoms. The highest BCUT2D eigenvalue weighted by molar-refractivity contribution is 6.33. The lowest BCUT2D eigenvalue weighted by molar-refractivity contribution is 0.0950. The van der Waals surface area contributed by atoms with E-state index in [0.29, 0.717) is 11.5 Å². The Hall–Kier alpha value is -2.86. The van der Waals surface area contributed by atoms with E-state index in [9.17, 15) is 9.18 Å². The van der Waals surface area contributed by atoms with Crippen molar-refractivity contribution in [1.29, 1.82) is 0 Å². The number of hydrogen-bond donors (Lipinski definition) is 1. The van der Waals surface area contributed by atoms with Gasteiger partial charge >= 0.3 is 0 Å². The summed E-state index contributed by atoms with van der Waals surface area (Å²) in [4.78, 5) is 12.2. The Labute approximate surface area is 160 Å². The molecule has 1 aromatic heterocycles. The highest BCUT2D eigenvalue weighted by atomic mass is 35.5. The zero-order valence-corrected chi connectivity index (χ0v) is 15.2. The lowest BCUT2D eigenvalue weighted by Crippen LogP contribution is -2.23. The van der Waals surface area contributed by atoms with E-state index in [1.54, 1.807) is 6.07 Å². The monoisotopic (exact) mass is 386 g/mol. The molecule has 0 saturated heterocycles. The second kappa shape index (κ2) is 7.04. The second-order valence-electron chi connectivity index (χ2n) is 6.44. The molecule has 0 radical (unpaired) electrons. The molecule has 27 heavy (non-hydrogen) atoms. The van der Waals surface area contributed by atoms with Gasteiger partial charge in [-0.3, -0.25) is 4.79 Å². The van der Waals surface area contributed by atoms with Crippen LogP contribution in [0.25, 0.3) is 11.3 Å². The Balaban J connectivity index is 1.44. The molecule has 1 atom stereocenters. The molecule has 1 aliphatic rings. The fourth-order valence-corrected chi connectivity index (χ4v) is 3.30. The lowest BCUT2D eigenvalue weighted by Gasteiger charge is -2.04. The average molecular weight is 387 g/mol. The van der Waals surface area contributed by atoms with E-state index in [2.05, 4.69) is 10.5 Å². The number of benzene rings is 2. The zero-order valence-electron chi connectivity index (χ0n) is 14.5. The van der Waals surface area contributed by atoms with Crippen molar-refractivity contribution in [2.75, 3.05) is 0 Å². The van der Waals surface area contributed by atoms with Gasteiger partial charge in [0.05, 0.1) is 17.1 Å². The van der Waals surface area contributed by atoms with Gasteiger partial charge in [0.25, 0.3) is 5.91 Å². The molecule has 1 aliphatic heterocycles. The van der Waals surface area contributed by atoms with Gasteiger partial charge in [0, 0.05) is 18.1 Å².